The van der Waals surface area contributed by atoms with Gasteiger partial charge < -0.3 is 58.3 Å². The number of hydrogen-bond acceptors (Lipinski definition) is 15. The molecule has 19 heteroatoms. The van der Waals surface area contributed by atoms with Gasteiger partial charge in [0.15, 0.2) is 30.4 Å². The van der Waals surface area contributed by atoms with Crippen LogP contribution in [0, 0.1) is 0 Å². The summed E-state index contributed by atoms with van der Waals surface area (Å²) in [5.41, 5.74) is 18.4. The fourth-order valence-corrected chi connectivity index (χ4v) is 6.87. The minimum absolute atomic E-state index is 0.0371. The summed E-state index contributed by atoms with van der Waals surface area (Å²) in [5, 5.41) is 52.8. The molecule has 0 spiro atoms. The highest BCUT2D eigenvalue weighted by molar-refractivity contribution is 5.06. The molecule has 0 radical (unpaired) electrons. The molecule has 6 heterocycles. The van der Waals surface area contributed by atoms with Gasteiger partial charge in [0.2, 0.25) is 0 Å². The van der Waals surface area contributed by atoms with Crippen molar-refractivity contribution in [2.45, 2.75) is 131 Å². The lowest BCUT2D eigenvalue weighted by atomic mass is 9.93. The molecule has 6 saturated heterocycles. The van der Waals surface area contributed by atoms with Crippen LogP contribution in [0.25, 0.3) is 20.9 Å². The van der Waals surface area contributed by atoms with Crippen LogP contribution in [0.15, 0.2) is 10.2 Å². The van der Waals surface area contributed by atoms with Crippen LogP contribution in [-0.4, -0.2) is 149 Å². The number of fused-ring (bicyclic) bond motifs is 4. The monoisotopic (exact) mass is 615 g/mol. The smallest absolute Gasteiger partial charge is 0.188 e. The Hall–Kier alpha value is -1.90. The number of azide groups is 2. The van der Waals surface area contributed by atoms with Crippen LogP contribution in [0.3, 0.4) is 0 Å². The van der Waals surface area contributed by atoms with Gasteiger partial charge in [-0.2, -0.15) is 0 Å². The number of ether oxygens (including phenoxy) is 8. The van der Waals surface area contributed by atoms with Crippen molar-refractivity contribution in [3.05, 3.63) is 20.9 Å². The summed E-state index contributed by atoms with van der Waals surface area (Å²) in [5.74, 6) is -1.99. The van der Waals surface area contributed by atoms with E-state index in [1.165, 1.54) is 4.90 Å². The zero-order valence-electron chi connectivity index (χ0n) is 24.0. The Kier molecular flexibility index (Phi) is 8.30. The van der Waals surface area contributed by atoms with Crippen molar-refractivity contribution in [3.63, 3.8) is 0 Å². The highest BCUT2D eigenvalue weighted by Crippen LogP contribution is 2.42. The Morgan fingerprint density at radius 2 is 1.26 bits per heavy atom. The average molecular weight is 616 g/mol. The first-order valence-electron chi connectivity index (χ1n) is 14.2. The molecule has 0 amide bonds. The van der Waals surface area contributed by atoms with E-state index in [0.717, 1.165) is 0 Å². The molecule has 0 aromatic carbocycles. The van der Waals surface area contributed by atoms with Crippen molar-refractivity contribution in [3.8, 4) is 0 Å². The molecule has 0 aliphatic carbocycles. The lowest BCUT2D eigenvalue weighted by molar-refractivity contribution is -0.232. The second kappa shape index (κ2) is 11.5. The fraction of sp³-hybridized carbons (Fsp3) is 1.00. The third-order valence-electron chi connectivity index (χ3n) is 8.59. The number of nitrogens with zero attached hydrogens (tertiary/aromatic N) is 7. The summed E-state index contributed by atoms with van der Waals surface area (Å²) in [6.45, 7) is 6.19. The molecule has 15 atom stereocenters. The van der Waals surface area contributed by atoms with Crippen LogP contribution in [0.2, 0.25) is 0 Å². The number of hydrogen-bond donors (Lipinski definition) is 4. The van der Waals surface area contributed by atoms with Crippen LogP contribution in [0.1, 0.15) is 27.7 Å². The quantitative estimate of drug-likeness (QED) is 0.138. The maximum atomic E-state index is 11.4. The van der Waals surface area contributed by atoms with Gasteiger partial charge in [0.1, 0.15) is 30.5 Å². The molecule has 0 aromatic heterocycles. The minimum atomic E-state index is -1.38. The molecule has 6 fully saturated rings. The predicted octanol–water partition coefficient (Wildman–Crippen LogP) is -1.03. The first-order valence-corrected chi connectivity index (χ1v) is 14.2. The number of rotatable bonds is 9. The lowest BCUT2D eigenvalue weighted by Crippen LogP contribution is -2.64. The Morgan fingerprint density at radius 1 is 0.767 bits per heavy atom. The summed E-state index contributed by atoms with van der Waals surface area (Å²) >= 11 is 0. The van der Waals surface area contributed by atoms with E-state index >= 15 is 0 Å². The maximum absolute atomic E-state index is 11.4. The van der Waals surface area contributed by atoms with Crippen LogP contribution in [0.4, 0.5) is 0 Å². The molecule has 2 bridgehead atoms. The molecule has 240 valence electrons. The summed E-state index contributed by atoms with van der Waals surface area (Å²) in [6.07, 6.45) is -12.8. The topological polar surface area (TPSA) is 256 Å². The fourth-order valence-electron chi connectivity index (χ4n) is 6.87. The highest BCUT2D eigenvalue weighted by Gasteiger charge is 2.59. The van der Waals surface area contributed by atoms with Gasteiger partial charge in [-0.05, 0) is 38.8 Å². The van der Waals surface area contributed by atoms with Crippen molar-refractivity contribution >= 4 is 0 Å². The van der Waals surface area contributed by atoms with Crippen molar-refractivity contribution in [1.82, 2.24) is 4.90 Å². The Balaban J connectivity index is 1.24. The second-order valence-corrected chi connectivity index (χ2v) is 12.5. The van der Waals surface area contributed by atoms with E-state index in [1.54, 1.807) is 27.7 Å². The third kappa shape index (κ3) is 5.69. The predicted molar refractivity (Wildman–Crippen MR) is 137 cm³/mol. The largest absolute Gasteiger partial charge is 0.389 e. The third-order valence-corrected chi connectivity index (χ3v) is 8.59. The van der Waals surface area contributed by atoms with E-state index < -0.39 is 104 Å². The van der Waals surface area contributed by atoms with Gasteiger partial charge >= 0.3 is 0 Å². The summed E-state index contributed by atoms with van der Waals surface area (Å²) in [7, 11) is 0. The van der Waals surface area contributed by atoms with Gasteiger partial charge in [-0.15, -0.1) is 0 Å². The number of aliphatic hydroxyl groups is 4. The van der Waals surface area contributed by atoms with Crippen LogP contribution < -0.4 is 0 Å². The second-order valence-electron chi connectivity index (χ2n) is 12.5. The molecule has 43 heavy (non-hydrogen) atoms. The lowest BCUT2D eigenvalue weighted by Gasteiger charge is -2.44. The van der Waals surface area contributed by atoms with E-state index in [9.17, 15) is 31.5 Å². The molecular weight excluding hydrogens is 578 g/mol. The zero-order valence-corrected chi connectivity index (χ0v) is 24.0. The first kappa shape index (κ1) is 31.1. The van der Waals surface area contributed by atoms with Gasteiger partial charge in [-0.1, -0.05) is 10.2 Å². The van der Waals surface area contributed by atoms with Gasteiger partial charge in [0.05, 0.1) is 49.1 Å². The molecule has 6 rings (SSSR count). The normalized spacial score (nSPS) is 47.0. The van der Waals surface area contributed by atoms with Crippen LogP contribution >= 0.6 is 0 Å². The summed E-state index contributed by atoms with van der Waals surface area (Å²) in [4.78, 5) is 7.26. The van der Waals surface area contributed by atoms with E-state index in [4.69, 9.17) is 37.9 Å². The highest BCUT2D eigenvalue weighted by atomic mass is 16.8. The van der Waals surface area contributed by atoms with Gasteiger partial charge in [-0.25, -0.2) is 0 Å². The van der Waals surface area contributed by atoms with Crippen molar-refractivity contribution in [2.75, 3.05) is 19.7 Å². The van der Waals surface area contributed by atoms with E-state index in [-0.39, 0.29) is 19.7 Å². The Morgan fingerprint density at radius 3 is 1.72 bits per heavy atom. The molecule has 2 unspecified atom stereocenters. The molecule has 6 aliphatic rings. The molecular formula is C24H37N7O12. The summed E-state index contributed by atoms with van der Waals surface area (Å²) in [6, 6.07) is -3.01. The maximum Gasteiger partial charge on any atom is 0.188 e. The van der Waals surface area contributed by atoms with E-state index in [0.29, 0.717) is 0 Å². The Bertz CT molecular complexity index is 1070. The van der Waals surface area contributed by atoms with E-state index in [2.05, 4.69) is 20.1 Å². The van der Waals surface area contributed by atoms with E-state index in [1.807, 2.05) is 0 Å². The Labute approximate surface area is 245 Å². The van der Waals surface area contributed by atoms with Gasteiger partial charge in [-0.3, -0.25) is 4.90 Å². The molecule has 0 aromatic rings. The van der Waals surface area contributed by atoms with Crippen molar-refractivity contribution in [2.24, 2.45) is 10.2 Å². The molecule has 4 N–H and O–H groups in total. The molecule has 19 nitrogen and oxygen atoms in total. The zero-order chi connectivity index (χ0) is 30.8. The summed E-state index contributed by atoms with van der Waals surface area (Å²) < 4.78 is 46.1. The number of aliphatic hydroxyl groups excluding tert-OH is 4. The molecule has 0 saturated carbocycles. The molecule has 6 aliphatic heterocycles. The first-order chi connectivity index (χ1) is 20.3. The minimum Gasteiger partial charge on any atom is -0.389 e. The van der Waals surface area contributed by atoms with Gasteiger partial charge in [0.25, 0.3) is 0 Å². The average Bonchev–Trinajstić information content (AvgIpc) is 3.70. The standard InChI is InChI=1S/C24H37N7O12/c1-23(2)40-18-11(27-29-25)16(38-21(18)42-23)8(32)5-31(13-14(34)10-7-36-20(37-10)15(13)35)6-9(33)17-12(28-30-26)19-22(39-17)43-24(3,4)41-19/h8-22,32-35H,5-7H2,1-4H3/t8?,9?,10-,11+,12+,13-,14-,15+,16-,17-,18-,19-,20-,21-,22-/m1/s1. The SMILES string of the molecule is CC1(C)O[C@H]2O[C@H](C(O)CN(CC(O)[C@H]3O[C@@H]4OC(C)(C)O[C@@H]4[C@H]3N=[N+]=[N-])[C@H]3[C@H](O)[C@@H]4OC[C@@H](O4)[C@H]3O)[C@H](N=[N+]=[N-])[C@H]2O1. The van der Waals surface area contributed by atoms with Crippen molar-refractivity contribution < 1.29 is 58.3 Å². The van der Waals surface area contributed by atoms with Gasteiger partial charge in [0, 0.05) is 22.9 Å². The van der Waals surface area contributed by atoms with Crippen molar-refractivity contribution in [1.29, 1.82) is 0 Å². The van der Waals surface area contributed by atoms with Crippen LogP contribution in [0.5, 0.6) is 0 Å². The van der Waals surface area contributed by atoms with Crippen LogP contribution in [-0.2, 0) is 37.9 Å².